The number of hydrogen-bond acceptors (Lipinski definition) is 6. The lowest BCUT2D eigenvalue weighted by Crippen LogP contribution is -2.29. The maximum absolute atomic E-state index is 12.7. The van der Waals surface area contributed by atoms with Crippen LogP contribution in [0.1, 0.15) is 27.8 Å². The number of aromatic nitrogens is 3. The van der Waals surface area contributed by atoms with Gasteiger partial charge in [0.05, 0.1) is 18.3 Å². The number of carbonyl (C=O) groups excluding carboxylic acids is 1. The summed E-state index contributed by atoms with van der Waals surface area (Å²) in [5, 5.41) is 18.3. The number of rotatable bonds is 5. The van der Waals surface area contributed by atoms with Crippen molar-refractivity contribution in [2.45, 2.75) is 26.0 Å². The molecule has 0 bridgehead atoms. The van der Waals surface area contributed by atoms with Crippen LogP contribution in [-0.2, 0) is 13.0 Å². The van der Waals surface area contributed by atoms with Crippen molar-refractivity contribution < 1.29 is 18.8 Å². The summed E-state index contributed by atoms with van der Waals surface area (Å²) >= 11 is 0. The third-order valence-corrected chi connectivity index (χ3v) is 4.58. The Kier molecular flexibility index (Phi) is 4.34. The highest BCUT2D eigenvalue weighted by atomic mass is 16.5. The molecule has 1 aliphatic heterocycles. The fraction of sp³-hybridized carbons (Fsp3) is 0.389. The van der Waals surface area contributed by atoms with Crippen LogP contribution in [0.3, 0.4) is 0 Å². The summed E-state index contributed by atoms with van der Waals surface area (Å²) in [5.41, 5.74) is 0.806. The maximum Gasteiger partial charge on any atom is 0.289 e. The van der Waals surface area contributed by atoms with Crippen molar-refractivity contribution in [2.24, 2.45) is 5.92 Å². The van der Waals surface area contributed by atoms with E-state index in [1.54, 1.807) is 27.9 Å². The van der Waals surface area contributed by atoms with E-state index in [0.717, 1.165) is 11.5 Å². The van der Waals surface area contributed by atoms with Gasteiger partial charge in [0.15, 0.2) is 5.76 Å². The summed E-state index contributed by atoms with van der Waals surface area (Å²) in [7, 11) is 0. The van der Waals surface area contributed by atoms with E-state index in [9.17, 15) is 9.90 Å². The standard InChI is InChI=1S/C18H20N4O4/c1-12-7-15(26-20-12)8-13-9-21(11-16(13)23)18(24)17-4-3-14(25-17)10-22-6-2-5-19-22/h2-7,13,16,23H,8-11H2,1H3/t13-,16-/m1/s1. The lowest BCUT2D eigenvalue weighted by molar-refractivity contribution is 0.0731. The Hall–Kier alpha value is -2.87. The fourth-order valence-electron chi connectivity index (χ4n) is 3.28. The molecule has 0 unspecified atom stereocenters. The van der Waals surface area contributed by atoms with Crippen LogP contribution in [0.5, 0.6) is 0 Å². The number of β-amino-alcohol motifs (C(OH)–C–C–N with tert-alkyl or cyclic N) is 1. The second-order valence-corrected chi connectivity index (χ2v) is 6.65. The molecule has 4 rings (SSSR count). The van der Waals surface area contributed by atoms with Crippen LogP contribution in [0.2, 0.25) is 0 Å². The number of aliphatic hydroxyl groups excluding tert-OH is 1. The summed E-state index contributed by atoms with van der Waals surface area (Å²) in [4.78, 5) is 14.3. The molecule has 4 heterocycles. The predicted octanol–water partition coefficient (Wildman–Crippen LogP) is 1.50. The molecule has 2 atom stereocenters. The fourth-order valence-corrected chi connectivity index (χ4v) is 3.28. The summed E-state index contributed by atoms with van der Waals surface area (Å²) in [6.45, 7) is 3.06. The van der Waals surface area contributed by atoms with Crippen LogP contribution in [0, 0.1) is 12.8 Å². The highest BCUT2D eigenvalue weighted by Gasteiger charge is 2.36. The van der Waals surface area contributed by atoms with E-state index >= 15 is 0 Å². The normalized spacial score (nSPS) is 20.0. The van der Waals surface area contributed by atoms with Crippen molar-refractivity contribution in [3.8, 4) is 0 Å². The molecule has 3 aromatic heterocycles. The summed E-state index contributed by atoms with van der Waals surface area (Å²) < 4.78 is 12.6. The highest BCUT2D eigenvalue weighted by Crippen LogP contribution is 2.24. The molecule has 0 aromatic carbocycles. The lowest BCUT2D eigenvalue weighted by Gasteiger charge is -2.14. The molecule has 0 saturated carbocycles. The van der Waals surface area contributed by atoms with E-state index in [-0.39, 0.29) is 24.1 Å². The molecule has 1 N–H and O–H groups in total. The number of furan rings is 1. The first kappa shape index (κ1) is 16.6. The van der Waals surface area contributed by atoms with Gasteiger partial charge in [-0.2, -0.15) is 5.10 Å². The van der Waals surface area contributed by atoms with Gasteiger partial charge in [-0.3, -0.25) is 9.48 Å². The summed E-state index contributed by atoms with van der Waals surface area (Å²) in [6, 6.07) is 7.12. The van der Waals surface area contributed by atoms with Gasteiger partial charge < -0.3 is 18.9 Å². The molecule has 3 aromatic rings. The number of likely N-dealkylation sites (tertiary alicyclic amines) is 1. The molecule has 26 heavy (non-hydrogen) atoms. The molecule has 8 heteroatoms. The van der Waals surface area contributed by atoms with Crippen LogP contribution >= 0.6 is 0 Å². The van der Waals surface area contributed by atoms with Gasteiger partial charge in [0.1, 0.15) is 11.5 Å². The Morgan fingerprint density at radius 3 is 2.96 bits per heavy atom. The number of aryl methyl sites for hydroxylation is 1. The van der Waals surface area contributed by atoms with Gasteiger partial charge in [-0.1, -0.05) is 5.16 Å². The quantitative estimate of drug-likeness (QED) is 0.744. The molecule has 1 amide bonds. The molecule has 0 aliphatic carbocycles. The van der Waals surface area contributed by atoms with Crippen LogP contribution in [0.25, 0.3) is 0 Å². The van der Waals surface area contributed by atoms with Crippen LogP contribution in [0.4, 0.5) is 0 Å². The van der Waals surface area contributed by atoms with E-state index in [4.69, 9.17) is 8.94 Å². The molecular formula is C18H20N4O4. The Balaban J connectivity index is 1.40. The predicted molar refractivity (Wildman–Crippen MR) is 90.4 cm³/mol. The number of carbonyl (C=O) groups is 1. The van der Waals surface area contributed by atoms with E-state index in [0.29, 0.717) is 25.3 Å². The monoisotopic (exact) mass is 356 g/mol. The first-order valence-electron chi connectivity index (χ1n) is 8.54. The van der Waals surface area contributed by atoms with E-state index < -0.39 is 6.10 Å². The van der Waals surface area contributed by atoms with Crippen molar-refractivity contribution in [3.63, 3.8) is 0 Å². The molecule has 0 spiro atoms. The van der Waals surface area contributed by atoms with Gasteiger partial charge in [0.25, 0.3) is 5.91 Å². The van der Waals surface area contributed by atoms with E-state index in [1.165, 1.54) is 0 Å². The number of aliphatic hydroxyl groups is 1. The zero-order chi connectivity index (χ0) is 18.1. The molecule has 1 fully saturated rings. The third kappa shape index (κ3) is 3.41. The van der Waals surface area contributed by atoms with Crippen molar-refractivity contribution in [3.05, 3.63) is 59.6 Å². The molecule has 136 valence electrons. The lowest BCUT2D eigenvalue weighted by atomic mass is 10.0. The van der Waals surface area contributed by atoms with Gasteiger partial charge in [-0.15, -0.1) is 0 Å². The van der Waals surface area contributed by atoms with Gasteiger partial charge in [-0.05, 0) is 25.1 Å². The van der Waals surface area contributed by atoms with Gasteiger partial charge in [0.2, 0.25) is 0 Å². The zero-order valence-electron chi connectivity index (χ0n) is 14.4. The number of hydrogen-bond donors (Lipinski definition) is 1. The Morgan fingerprint density at radius 1 is 1.35 bits per heavy atom. The Labute approximate surface area is 150 Å². The molecule has 0 radical (unpaired) electrons. The smallest absolute Gasteiger partial charge is 0.289 e. The largest absolute Gasteiger partial charge is 0.454 e. The topological polar surface area (TPSA) is 97.5 Å². The van der Waals surface area contributed by atoms with Gasteiger partial charge >= 0.3 is 0 Å². The molecule has 1 saturated heterocycles. The van der Waals surface area contributed by atoms with Crippen LogP contribution in [-0.4, -0.2) is 50.0 Å². The van der Waals surface area contributed by atoms with Crippen molar-refractivity contribution in [2.75, 3.05) is 13.1 Å². The molecule has 8 nitrogen and oxygen atoms in total. The minimum absolute atomic E-state index is 0.0789. The Bertz CT molecular complexity index is 883. The average molecular weight is 356 g/mol. The van der Waals surface area contributed by atoms with Crippen molar-refractivity contribution in [1.29, 1.82) is 0 Å². The Morgan fingerprint density at radius 2 is 2.23 bits per heavy atom. The van der Waals surface area contributed by atoms with Crippen molar-refractivity contribution in [1.82, 2.24) is 19.8 Å². The molecule has 1 aliphatic rings. The first-order chi connectivity index (χ1) is 12.6. The summed E-state index contributed by atoms with van der Waals surface area (Å²) in [6.07, 6.45) is 3.48. The molecular weight excluding hydrogens is 336 g/mol. The third-order valence-electron chi connectivity index (χ3n) is 4.58. The van der Waals surface area contributed by atoms with Crippen LogP contribution < -0.4 is 0 Å². The average Bonchev–Trinajstić information content (AvgIpc) is 3.38. The highest BCUT2D eigenvalue weighted by molar-refractivity contribution is 5.91. The van der Waals surface area contributed by atoms with E-state index in [1.807, 2.05) is 25.3 Å². The maximum atomic E-state index is 12.7. The minimum Gasteiger partial charge on any atom is -0.454 e. The minimum atomic E-state index is -0.595. The number of amides is 1. The van der Waals surface area contributed by atoms with Crippen LogP contribution in [0.15, 0.2) is 45.6 Å². The second kappa shape index (κ2) is 6.80. The van der Waals surface area contributed by atoms with Gasteiger partial charge in [-0.25, -0.2) is 0 Å². The number of nitrogens with zero attached hydrogens (tertiary/aromatic N) is 4. The first-order valence-corrected chi connectivity index (χ1v) is 8.54. The van der Waals surface area contributed by atoms with Crippen molar-refractivity contribution >= 4 is 5.91 Å². The second-order valence-electron chi connectivity index (χ2n) is 6.65. The SMILES string of the molecule is Cc1cc(C[C@@H]2CN(C(=O)c3ccc(Cn4cccn4)o3)C[C@H]2O)on1. The van der Waals surface area contributed by atoms with E-state index in [2.05, 4.69) is 10.3 Å². The zero-order valence-corrected chi connectivity index (χ0v) is 14.4. The van der Waals surface area contributed by atoms with Gasteiger partial charge in [0, 0.05) is 43.9 Å². The summed E-state index contributed by atoms with van der Waals surface area (Å²) in [5.74, 6) is 1.36.